The summed E-state index contributed by atoms with van der Waals surface area (Å²) in [5.74, 6) is 0.684. The molecule has 0 atom stereocenters. The Morgan fingerprint density at radius 2 is 2.06 bits per heavy atom. The number of ether oxygens (including phenoxy) is 2. The zero-order valence-electron chi connectivity index (χ0n) is 10.0. The molecule has 0 fully saturated rings. The highest BCUT2D eigenvalue weighted by Crippen LogP contribution is 2.14. The van der Waals surface area contributed by atoms with Gasteiger partial charge in [-0.25, -0.2) is 4.98 Å². The summed E-state index contributed by atoms with van der Waals surface area (Å²) >= 11 is 0. The van der Waals surface area contributed by atoms with Crippen molar-refractivity contribution in [1.82, 2.24) is 9.97 Å². The Labute approximate surface area is 102 Å². The van der Waals surface area contributed by atoms with Crippen LogP contribution >= 0.6 is 0 Å². The third-order valence-corrected chi connectivity index (χ3v) is 1.84. The van der Waals surface area contributed by atoms with Crippen LogP contribution in [0.5, 0.6) is 5.88 Å². The Morgan fingerprint density at radius 3 is 2.67 bits per heavy atom. The quantitative estimate of drug-likeness (QED) is 0.795. The highest BCUT2D eigenvalue weighted by Gasteiger charge is 2.27. The molecule has 18 heavy (non-hydrogen) atoms. The summed E-state index contributed by atoms with van der Waals surface area (Å²) in [6, 6.07) is 1.64. The van der Waals surface area contributed by atoms with Crippen molar-refractivity contribution >= 4 is 5.95 Å². The molecule has 0 spiro atoms. The van der Waals surface area contributed by atoms with Crippen molar-refractivity contribution in [3.05, 3.63) is 11.8 Å². The number of alkyl halides is 3. The summed E-state index contributed by atoms with van der Waals surface area (Å²) in [5, 5.41) is 2.75. The van der Waals surface area contributed by atoms with Gasteiger partial charge in [-0.1, -0.05) is 0 Å². The standard InChI is InChI=1S/C10H14F3N3O2/c1-7-5-8(17-2)16-9(15-7)14-3-4-18-6-10(11,12)13/h5H,3-4,6H2,1-2H3,(H,14,15,16). The van der Waals surface area contributed by atoms with Crippen LogP contribution in [0.1, 0.15) is 5.69 Å². The molecule has 1 heterocycles. The lowest BCUT2D eigenvalue weighted by Gasteiger charge is -2.09. The number of methoxy groups -OCH3 is 1. The minimum absolute atomic E-state index is 0.0842. The van der Waals surface area contributed by atoms with Crippen molar-refractivity contribution in [2.24, 2.45) is 0 Å². The first kappa shape index (κ1) is 14.5. The van der Waals surface area contributed by atoms with Crippen LogP contribution in [0.4, 0.5) is 19.1 Å². The van der Waals surface area contributed by atoms with E-state index in [9.17, 15) is 13.2 Å². The predicted molar refractivity (Wildman–Crippen MR) is 58.7 cm³/mol. The van der Waals surface area contributed by atoms with E-state index in [2.05, 4.69) is 20.0 Å². The lowest BCUT2D eigenvalue weighted by atomic mass is 10.4. The third-order valence-electron chi connectivity index (χ3n) is 1.84. The van der Waals surface area contributed by atoms with Crippen molar-refractivity contribution in [2.45, 2.75) is 13.1 Å². The smallest absolute Gasteiger partial charge is 0.411 e. The molecule has 102 valence electrons. The fourth-order valence-electron chi connectivity index (χ4n) is 1.15. The van der Waals surface area contributed by atoms with E-state index in [4.69, 9.17) is 4.74 Å². The Hall–Kier alpha value is -1.57. The minimum Gasteiger partial charge on any atom is -0.481 e. The number of rotatable bonds is 6. The number of aryl methyl sites for hydroxylation is 1. The van der Waals surface area contributed by atoms with Gasteiger partial charge in [0, 0.05) is 18.3 Å². The maximum atomic E-state index is 11.8. The Morgan fingerprint density at radius 1 is 1.33 bits per heavy atom. The van der Waals surface area contributed by atoms with E-state index < -0.39 is 12.8 Å². The maximum Gasteiger partial charge on any atom is 0.411 e. The van der Waals surface area contributed by atoms with Crippen molar-refractivity contribution in [2.75, 3.05) is 32.2 Å². The van der Waals surface area contributed by atoms with Crippen molar-refractivity contribution in [3.8, 4) is 5.88 Å². The second-order valence-electron chi connectivity index (χ2n) is 3.47. The number of nitrogens with zero attached hydrogens (tertiary/aromatic N) is 2. The molecule has 0 aliphatic heterocycles. The molecule has 1 N–H and O–H groups in total. The fraction of sp³-hybridized carbons (Fsp3) is 0.600. The van der Waals surface area contributed by atoms with E-state index >= 15 is 0 Å². The van der Waals surface area contributed by atoms with Gasteiger partial charge in [0.25, 0.3) is 0 Å². The number of halogens is 3. The van der Waals surface area contributed by atoms with E-state index in [1.54, 1.807) is 13.0 Å². The third kappa shape index (κ3) is 5.67. The van der Waals surface area contributed by atoms with Crippen LogP contribution in [-0.2, 0) is 4.74 Å². The summed E-state index contributed by atoms with van der Waals surface area (Å²) in [4.78, 5) is 8.02. The lowest BCUT2D eigenvalue weighted by Crippen LogP contribution is -2.20. The van der Waals surface area contributed by atoms with Gasteiger partial charge >= 0.3 is 6.18 Å². The Balaban J connectivity index is 2.33. The minimum atomic E-state index is -4.30. The largest absolute Gasteiger partial charge is 0.481 e. The van der Waals surface area contributed by atoms with E-state index in [1.807, 2.05) is 0 Å². The summed E-state index contributed by atoms with van der Waals surface area (Å²) < 4.78 is 44.7. The Kier molecular flexibility index (Phi) is 5.14. The van der Waals surface area contributed by atoms with Crippen molar-refractivity contribution in [1.29, 1.82) is 0 Å². The molecule has 0 bridgehead atoms. The molecule has 0 unspecified atom stereocenters. The maximum absolute atomic E-state index is 11.8. The summed E-state index contributed by atoms with van der Waals surface area (Å²) in [5.41, 5.74) is 0.695. The van der Waals surface area contributed by atoms with Gasteiger partial charge in [-0.05, 0) is 6.92 Å². The summed E-state index contributed by atoms with van der Waals surface area (Å²) in [6.07, 6.45) is -4.30. The molecule has 0 aliphatic carbocycles. The van der Waals surface area contributed by atoms with Gasteiger partial charge in [0.2, 0.25) is 11.8 Å². The van der Waals surface area contributed by atoms with Crippen LogP contribution in [-0.4, -0.2) is 43.0 Å². The molecule has 0 saturated heterocycles. The van der Waals surface area contributed by atoms with Crippen molar-refractivity contribution < 1.29 is 22.6 Å². The van der Waals surface area contributed by atoms with E-state index in [0.29, 0.717) is 17.5 Å². The summed E-state index contributed by atoms with van der Waals surface area (Å²) in [6.45, 7) is 0.601. The van der Waals surface area contributed by atoms with Gasteiger partial charge in [-0.3, -0.25) is 0 Å². The van der Waals surface area contributed by atoms with Gasteiger partial charge in [0.1, 0.15) is 6.61 Å². The van der Waals surface area contributed by atoms with Crippen LogP contribution in [0, 0.1) is 6.92 Å². The topological polar surface area (TPSA) is 56.3 Å². The molecule has 1 aromatic rings. The number of hydrogen-bond acceptors (Lipinski definition) is 5. The molecule has 0 radical (unpaired) electrons. The molecule has 0 saturated carbocycles. The van der Waals surface area contributed by atoms with Crippen LogP contribution < -0.4 is 10.1 Å². The highest BCUT2D eigenvalue weighted by atomic mass is 19.4. The molecule has 8 heteroatoms. The van der Waals surface area contributed by atoms with Crippen molar-refractivity contribution in [3.63, 3.8) is 0 Å². The second kappa shape index (κ2) is 6.39. The van der Waals surface area contributed by atoms with Crippen LogP contribution in [0.15, 0.2) is 6.07 Å². The molecular weight excluding hydrogens is 251 g/mol. The molecular formula is C10H14F3N3O2. The number of anilines is 1. The predicted octanol–water partition coefficient (Wildman–Crippen LogP) is 1.78. The SMILES string of the molecule is COc1cc(C)nc(NCCOCC(F)(F)F)n1. The fourth-order valence-corrected chi connectivity index (χ4v) is 1.15. The average Bonchev–Trinajstić information content (AvgIpc) is 2.26. The van der Waals surface area contributed by atoms with Gasteiger partial charge in [-0.2, -0.15) is 18.2 Å². The second-order valence-corrected chi connectivity index (χ2v) is 3.47. The van der Waals surface area contributed by atoms with Crippen LogP contribution in [0.25, 0.3) is 0 Å². The van der Waals surface area contributed by atoms with E-state index in [0.717, 1.165) is 0 Å². The molecule has 0 amide bonds. The van der Waals surface area contributed by atoms with Gasteiger partial charge < -0.3 is 14.8 Å². The van der Waals surface area contributed by atoms with Gasteiger partial charge in [-0.15, -0.1) is 0 Å². The molecule has 0 aromatic carbocycles. The molecule has 5 nitrogen and oxygen atoms in total. The first-order chi connectivity index (χ1) is 8.40. The van der Waals surface area contributed by atoms with Gasteiger partial charge in [0.15, 0.2) is 0 Å². The molecule has 1 rings (SSSR count). The zero-order chi connectivity index (χ0) is 13.6. The zero-order valence-corrected chi connectivity index (χ0v) is 10.0. The normalized spacial score (nSPS) is 11.4. The van der Waals surface area contributed by atoms with E-state index in [-0.39, 0.29) is 13.2 Å². The first-order valence-corrected chi connectivity index (χ1v) is 5.19. The number of aromatic nitrogens is 2. The summed E-state index contributed by atoms with van der Waals surface area (Å²) in [7, 11) is 1.47. The number of nitrogens with one attached hydrogen (secondary N) is 1. The van der Waals surface area contributed by atoms with Gasteiger partial charge in [0.05, 0.1) is 13.7 Å². The Bertz CT molecular complexity index is 385. The van der Waals surface area contributed by atoms with Crippen LogP contribution in [0.2, 0.25) is 0 Å². The number of hydrogen-bond donors (Lipinski definition) is 1. The van der Waals surface area contributed by atoms with Crippen LogP contribution in [0.3, 0.4) is 0 Å². The average molecular weight is 265 g/mol. The molecule has 0 aliphatic rings. The van der Waals surface area contributed by atoms with E-state index in [1.165, 1.54) is 7.11 Å². The lowest BCUT2D eigenvalue weighted by molar-refractivity contribution is -0.172. The monoisotopic (exact) mass is 265 g/mol. The first-order valence-electron chi connectivity index (χ1n) is 5.19. The highest BCUT2D eigenvalue weighted by molar-refractivity contribution is 5.30. The molecule has 1 aromatic heterocycles.